The van der Waals surface area contributed by atoms with Crippen LogP contribution in [0.5, 0.6) is 0 Å². The summed E-state index contributed by atoms with van der Waals surface area (Å²) in [5.74, 6) is 0.0414. The first kappa shape index (κ1) is 13.7. The molecule has 0 bridgehead atoms. The molecule has 1 aliphatic heterocycles. The summed E-state index contributed by atoms with van der Waals surface area (Å²) >= 11 is 0. The van der Waals surface area contributed by atoms with Gasteiger partial charge in [0, 0.05) is 23.5 Å². The number of fused-ring (bicyclic) bond motifs is 1. The van der Waals surface area contributed by atoms with E-state index < -0.39 is 0 Å². The lowest BCUT2D eigenvalue weighted by atomic mass is 10.1. The van der Waals surface area contributed by atoms with Crippen molar-refractivity contribution in [2.45, 2.75) is 26.2 Å². The molecule has 0 aliphatic carbocycles. The quantitative estimate of drug-likeness (QED) is 0.812. The Morgan fingerprint density at radius 1 is 1.14 bits per heavy atom. The van der Waals surface area contributed by atoms with Gasteiger partial charge in [-0.3, -0.25) is 4.79 Å². The number of hydrogen-bond acceptors (Lipinski definition) is 2. The van der Waals surface area contributed by atoms with Crippen molar-refractivity contribution in [1.29, 1.82) is 0 Å². The third kappa shape index (κ3) is 2.77. The SMILES string of the molecule is Cc1cc(N)cc(C(=O)N2CCCCc3ccccc32)c1. The second-order valence-electron chi connectivity index (χ2n) is 5.67. The molecule has 0 atom stereocenters. The van der Waals surface area contributed by atoms with E-state index in [2.05, 4.69) is 6.07 Å². The summed E-state index contributed by atoms with van der Waals surface area (Å²) in [5.41, 5.74) is 10.5. The van der Waals surface area contributed by atoms with Crippen molar-refractivity contribution in [3.8, 4) is 0 Å². The minimum absolute atomic E-state index is 0.0414. The Morgan fingerprint density at radius 3 is 2.76 bits per heavy atom. The first-order chi connectivity index (χ1) is 10.1. The number of nitrogens with zero attached hydrogens (tertiary/aromatic N) is 1. The second kappa shape index (κ2) is 5.60. The van der Waals surface area contributed by atoms with E-state index >= 15 is 0 Å². The number of carbonyl (C=O) groups excluding carboxylic acids is 1. The molecule has 108 valence electrons. The highest BCUT2D eigenvalue weighted by Gasteiger charge is 2.22. The number of amides is 1. The molecular formula is C18H20N2O. The van der Waals surface area contributed by atoms with E-state index in [4.69, 9.17) is 5.73 Å². The van der Waals surface area contributed by atoms with E-state index in [1.165, 1.54) is 5.56 Å². The topological polar surface area (TPSA) is 46.3 Å². The van der Waals surface area contributed by atoms with Gasteiger partial charge >= 0.3 is 0 Å². The molecule has 2 aromatic rings. The van der Waals surface area contributed by atoms with Crippen LogP contribution in [-0.4, -0.2) is 12.5 Å². The molecule has 0 saturated carbocycles. The second-order valence-corrected chi connectivity index (χ2v) is 5.67. The molecule has 1 amide bonds. The van der Waals surface area contributed by atoms with Gasteiger partial charge in [0.1, 0.15) is 0 Å². The molecule has 3 heteroatoms. The van der Waals surface area contributed by atoms with Crippen LogP contribution in [-0.2, 0) is 6.42 Å². The van der Waals surface area contributed by atoms with E-state index in [1.807, 2.05) is 42.2 Å². The van der Waals surface area contributed by atoms with Crippen LogP contribution in [0.15, 0.2) is 42.5 Å². The Kier molecular flexibility index (Phi) is 3.65. The number of rotatable bonds is 1. The zero-order valence-corrected chi connectivity index (χ0v) is 12.3. The fraction of sp³-hybridized carbons (Fsp3) is 0.278. The van der Waals surface area contributed by atoms with Gasteiger partial charge in [0.05, 0.1) is 0 Å². The number of anilines is 2. The monoisotopic (exact) mass is 280 g/mol. The van der Waals surface area contributed by atoms with Crippen molar-refractivity contribution in [2.24, 2.45) is 0 Å². The van der Waals surface area contributed by atoms with Crippen molar-refractivity contribution < 1.29 is 4.79 Å². The number of para-hydroxylation sites is 1. The molecule has 3 nitrogen and oxygen atoms in total. The van der Waals surface area contributed by atoms with Crippen molar-refractivity contribution in [2.75, 3.05) is 17.2 Å². The van der Waals surface area contributed by atoms with Gasteiger partial charge < -0.3 is 10.6 Å². The largest absolute Gasteiger partial charge is 0.399 e. The van der Waals surface area contributed by atoms with E-state index in [0.29, 0.717) is 11.3 Å². The van der Waals surface area contributed by atoms with E-state index in [-0.39, 0.29) is 5.91 Å². The third-order valence-corrected chi connectivity index (χ3v) is 3.95. The Balaban J connectivity index is 2.01. The Bertz CT molecular complexity index is 658. The summed E-state index contributed by atoms with van der Waals surface area (Å²) in [6.45, 7) is 2.73. The first-order valence-corrected chi connectivity index (χ1v) is 7.42. The zero-order valence-electron chi connectivity index (χ0n) is 12.3. The summed E-state index contributed by atoms with van der Waals surface area (Å²) in [4.78, 5) is 14.8. The van der Waals surface area contributed by atoms with Gasteiger partial charge in [-0.15, -0.1) is 0 Å². The Morgan fingerprint density at radius 2 is 1.95 bits per heavy atom. The van der Waals surface area contributed by atoms with E-state index in [1.54, 1.807) is 6.07 Å². The van der Waals surface area contributed by atoms with Gasteiger partial charge in [-0.05, 0) is 61.6 Å². The summed E-state index contributed by atoms with van der Waals surface area (Å²) < 4.78 is 0. The molecule has 0 spiro atoms. The number of carbonyl (C=O) groups is 1. The lowest BCUT2D eigenvalue weighted by molar-refractivity contribution is 0.0987. The molecular weight excluding hydrogens is 260 g/mol. The summed E-state index contributed by atoms with van der Waals surface area (Å²) in [7, 11) is 0. The maximum Gasteiger partial charge on any atom is 0.258 e. The van der Waals surface area contributed by atoms with E-state index in [0.717, 1.165) is 37.1 Å². The fourth-order valence-corrected chi connectivity index (χ4v) is 2.99. The van der Waals surface area contributed by atoms with Gasteiger partial charge in [-0.2, -0.15) is 0 Å². The van der Waals surface area contributed by atoms with Crippen molar-refractivity contribution in [3.63, 3.8) is 0 Å². The average Bonchev–Trinajstić information content (AvgIpc) is 2.68. The van der Waals surface area contributed by atoms with E-state index in [9.17, 15) is 4.79 Å². The molecule has 2 aromatic carbocycles. The summed E-state index contributed by atoms with van der Waals surface area (Å²) in [5, 5.41) is 0. The standard InChI is InChI=1S/C18H20N2O/c1-13-10-15(12-16(19)11-13)18(21)20-9-5-4-7-14-6-2-3-8-17(14)20/h2-3,6,8,10-12H,4-5,7,9,19H2,1H3. The van der Waals surface area contributed by atoms with Crippen molar-refractivity contribution in [1.82, 2.24) is 0 Å². The van der Waals surface area contributed by atoms with Gasteiger partial charge in [0.15, 0.2) is 0 Å². The van der Waals surface area contributed by atoms with Crippen molar-refractivity contribution >= 4 is 17.3 Å². The van der Waals surface area contributed by atoms with Gasteiger partial charge in [0.2, 0.25) is 0 Å². The highest BCUT2D eigenvalue weighted by atomic mass is 16.2. The van der Waals surface area contributed by atoms with Crippen LogP contribution in [0, 0.1) is 6.92 Å². The lowest BCUT2D eigenvalue weighted by Gasteiger charge is -2.23. The minimum atomic E-state index is 0.0414. The normalized spacial score (nSPS) is 14.4. The van der Waals surface area contributed by atoms with Crippen LogP contribution in [0.4, 0.5) is 11.4 Å². The van der Waals surface area contributed by atoms with Gasteiger partial charge in [0.25, 0.3) is 5.91 Å². The van der Waals surface area contributed by atoms with Crippen molar-refractivity contribution in [3.05, 3.63) is 59.2 Å². The summed E-state index contributed by atoms with van der Waals surface area (Å²) in [6, 6.07) is 13.7. The molecule has 0 fully saturated rings. The molecule has 1 heterocycles. The minimum Gasteiger partial charge on any atom is -0.399 e. The summed E-state index contributed by atoms with van der Waals surface area (Å²) in [6.07, 6.45) is 3.19. The molecule has 21 heavy (non-hydrogen) atoms. The number of hydrogen-bond donors (Lipinski definition) is 1. The number of nitrogen functional groups attached to an aromatic ring is 1. The number of nitrogens with two attached hydrogens (primary N) is 1. The smallest absolute Gasteiger partial charge is 0.258 e. The Labute approximate surface area is 125 Å². The molecule has 3 rings (SSSR count). The molecule has 0 saturated heterocycles. The average molecular weight is 280 g/mol. The molecule has 0 radical (unpaired) electrons. The Hall–Kier alpha value is -2.29. The first-order valence-electron chi connectivity index (χ1n) is 7.42. The zero-order chi connectivity index (χ0) is 14.8. The van der Waals surface area contributed by atoms with Crippen LogP contribution in [0.3, 0.4) is 0 Å². The number of aryl methyl sites for hydroxylation is 2. The lowest BCUT2D eigenvalue weighted by Crippen LogP contribution is -2.31. The van der Waals surface area contributed by atoms with Crippen LogP contribution in [0.1, 0.15) is 34.3 Å². The predicted octanol–water partition coefficient (Wildman–Crippen LogP) is 3.56. The van der Waals surface area contributed by atoms with Crippen LogP contribution < -0.4 is 10.6 Å². The predicted molar refractivity (Wildman–Crippen MR) is 86.6 cm³/mol. The molecule has 1 aliphatic rings. The third-order valence-electron chi connectivity index (χ3n) is 3.95. The van der Waals surface area contributed by atoms with Gasteiger partial charge in [-0.1, -0.05) is 18.2 Å². The van der Waals surface area contributed by atoms with Crippen LogP contribution in [0.25, 0.3) is 0 Å². The van der Waals surface area contributed by atoms with Crippen LogP contribution >= 0.6 is 0 Å². The van der Waals surface area contributed by atoms with Crippen LogP contribution in [0.2, 0.25) is 0 Å². The fourth-order valence-electron chi connectivity index (χ4n) is 2.99. The number of benzene rings is 2. The molecule has 2 N–H and O–H groups in total. The maximum absolute atomic E-state index is 12.9. The highest BCUT2D eigenvalue weighted by Crippen LogP contribution is 2.28. The molecule has 0 aromatic heterocycles. The maximum atomic E-state index is 12.9. The van der Waals surface area contributed by atoms with Gasteiger partial charge in [-0.25, -0.2) is 0 Å². The highest BCUT2D eigenvalue weighted by molar-refractivity contribution is 6.07. The molecule has 0 unspecified atom stereocenters.